The Morgan fingerprint density at radius 1 is 1.38 bits per heavy atom. The van der Waals surface area contributed by atoms with E-state index < -0.39 is 23.4 Å². The third kappa shape index (κ3) is 3.08. The second-order valence-electron chi connectivity index (χ2n) is 5.80. The first-order valence-electron chi connectivity index (χ1n) is 6.97. The number of rotatable bonds is 3. The molecule has 0 radical (unpaired) electrons. The fourth-order valence-electron chi connectivity index (χ4n) is 1.96. The highest BCUT2D eigenvalue weighted by atomic mass is 35.5. The van der Waals surface area contributed by atoms with Crippen LogP contribution >= 0.6 is 11.6 Å². The van der Waals surface area contributed by atoms with Gasteiger partial charge in [-0.3, -0.25) is 4.79 Å². The van der Waals surface area contributed by atoms with Crippen molar-refractivity contribution in [2.24, 2.45) is 0 Å². The predicted molar refractivity (Wildman–Crippen MR) is 87.3 cm³/mol. The molecule has 7 heteroatoms. The Kier molecular flexibility index (Phi) is 4.59. The number of nitrogens with zero attached hydrogens (tertiary/aromatic N) is 1. The molecule has 0 saturated carbocycles. The molecule has 24 heavy (non-hydrogen) atoms. The molecule has 2 rings (SSSR count). The lowest BCUT2D eigenvalue weighted by molar-refractivity contribution is -0.114. The van der Waals surface area contributed by atoms with Crippen molar-refractivity contribution in [1.29, 1.82) is 0 Å². The van der Waals surface area contributed by atoms with Gasteiger partial charge in [0, 0.05) is 0 Å². The van der Waals surface area contributed by atoms with Crippen LogP contribution in [0.1, 0.15) is 27.7 Å². The molecule has 126 valence electrons. The Bertz CT molecular complexity index is 804. The second-order valence-corrected chi connectivity index (χ2v) is 6.21. The first-order valence-corrected chi connectivity index (χ1v) is 7.35. The van der Waals surface area contributed by atoms with Crippen molar-refractivity contribution in [1.82, 2.24) is 0 Å². The van der Waals surface area contributed by atoms with Crippen LogP contribution in [-0.4, -0.2) is 17.6 Å². The van der Waals surface area contributed by atoms with Crippen LogP contribution in [0.3, 0.4) is 0 Å². The van der Waals surface area contributed by atoms with E-state index in [0.29, 0.717) is 10.5 Å². The average Bonchev–Trinajstić information content (AvgIpc) is 2.79. The fourth-order valence-corrected chi connectivity index (χ4v) is 2.14. The number of cyclic esters (lactones) is 1. The number of carbonyl (C=O) groups is 2. The monoisotopic (exact) mass is 351 g/mol. The van der Waals surface area contributed by atoms with Gasteiger partial charge in [-0.1, -0.05) is 17.5 Å². The van der Waals surface area contributed by atoms with Crippen molar-refractivity contribution in [2.45, 2.75) is 33.3 Å². The number of allylic oxidation sites excluding steroid dienone is 1. The highest BCUT2D eigenvalue weighted by Gasteiger charge is 2.40. The Morgan fingerprint density at radius 3 is 2.50 bits per heavy atom. The van der Waals surface area contributed by atoms with E-state index in [4.69, 9.17) is 27.5 Å². The molecule has 0 aromatic heterocycles. The van der Waals surface area contributed by atoms with Gasteiger partial charge in [0.05, 0.1) is 10.7 Å². The molecule has 0 aliphatic carbocycles. The summed E-state index contributed by atoms with van der Waals surface area (Å²) in [4.78, 5) is 24.8. The van der Waals surface area contributed by atoms with Gasteiger partial charge in [0.15, 0.2) is 22.9 Å². The Morgan fingerprint density at radius 2 is 2.00 bits per heavy atom. The summed E-state index contributed by atoms with van der Waals surface area (Å²) < 4.78 is 25.1. The van der Waals surface area contributed by atoms with Crippen LogP contribution < -0.4 is 9.64 Å². The Hall–Kier alpha value is -2.52. The highest BCUT2D eigenvalue weighted by Crippen LogP contribution is 2.38. The minimum Gasteiger partial charge on any atom is -0.470 e. The second kappa shape index (κ2) is 6.17. The number of anilines is 1. The van der Waals surface area contributed by atoms with Gasteiger partial charge >= 0.3 is 12.0 Å². The largest absolute Gasteiger partial charge is 0.470 e. The Balaban J connectivity index is 2.54. The summed E-state index contributed by atoms with van der Waals surface area (Å²) in [5.74, 6) is 0.122. The standard InChI is InChI=1S/C17H15ClFNO4/c1-6-17(4,5)24-14-10(18)7-8-11(12(14)19)20-15(21)13(9(2)3)23-16(20)22/h1,7-8H,2-5H3. The molecule has 0 N–H and O–H groups in total. The lowest BCUT2D eigenvalue weighted by Crippen LogP contribution is -2.30. The Labute approximate surface area is 144 Å². The van der Waals surface area contributed by atoms with Crippen LogP contribution in [0.25, 0.3) is 0 Å². The van der Waals surface area contributed by atoms with Gasteiger partial charge in [-0.05, 0) is 45.4 Å². The van der Waals surface area contributed by atoms with Gasteiger partial charge in [0.25, 0.3) is 0 Å². The van der Waals surface area contributed by atoms with Crippen LogP contribution in [0, 0.1) is 18.2 Å². The van der Waals surface area contributed by atoms with E-state index in [2.05, 4.69) is 5.92 Å². The van der Waals surface area contributed by atoms with Gasteiger partial charge < -0.3 is 9.47 Å². The van der Waals surface area contributed by atoms with Gasteiger partial charge in [-0.15, -0.1) is 6.42 Å². The molecule has 1 aromatic rings. The zero-order chi connectivity index (χ0) is 18.2. The molecule has 0 unspecified atom stereocenters. The summed E-state index contributed by atoms with van der Waals surface area (Å²) in [7, 11) is 0. The zero-order valence-electron chi connectivity index (χ0n) is 13.6. The van der Waals surface area contributed by atoms with Crippen molar-refractivity contribution >= 4 is 29.3 Å². The summed E-state index contributed by atoms with van der Waals surface area (Å²) >= 11 is 5.96. The fraction of sp³-hybridized carbons (Fsp3) is 0.294. The molecule has 0 atom stereocenters. The lowest BCUT2D eigenvalue weighted by Gasteiger charge is -2.23. The predicted octanol–water partition coefficient (Wildman–Crippen LogP) is 4.05. The van der Waals surface area contributed by atoms with Crippen LogP contribution in [0.2, 0.25) is 5.02 Å². The summed E-state index contributed by atoms with van der Waals surface area (Å²) in [5.41, 5.74) is -0.965. The zero-order valence-corrected chi connectivity index (χ0v) is 14.3. The number of halogens is 2. The van der Waals surface area contributed by atoms with Gasteiger partial charge in [-0.2, -0.15) is 0 Å². The van der Waals surface area contributed by atoms with Crippen LogP contribution in [0.4, 0.5) is 14.9 Å². The average molecular weight is 352 g/mol. The van der Waals surface area contributed by atoms with Crippen LogP contribution in [0.15, 0.2) is 23.5 Å². The molecule has 1 aliphatic rings. The number of amides is 2. The van der Waals surface area contributed by atoms with E-state index in [0.717, 1.165) is 0 Å². The smallest absolute Gasteiger partial charge is 0.427 e. The van der Waals surface area contributed by atoms with E-state index in [1.165, 1.54) is 12.1 Å². The summed E-state index contributed by atoms with van der Waals surface area (Å²) in [6.07, 6.45) is 4.32. The molecule has 1 heterocycles. The molecular formula is C17H15ClFNO4. The van der Waals surface area contributed by atoms with Crippen LogP contribution in [0.5, 0.6) is 5.75 Å². The molecule has 5 nitrogen and oxygen atoms in total. The summed E-state index contributed by atoms with van der Waals surface area (Å²) in [5, 5.41) is -0.0398. The number of benzene rings is 1. The van der Waals surface area contributed by atoms with Crippen molar-refractivity contribution in [3.63, 3.8) is 0 Å². The van der Waals surface area contributed by atoms with Crippen molar-refractivity contribution < 1.29 is 23.5 Å². The highest BCUT2D eigenvalue weighted by molar-refractivity contribution is 6.32. The third-order valence-electron chi connectivity index (χ3n) is 3.20. The van der Waals surface area contributed by atoms with E-state index in [-0.39, 0.29) is 22.2 Å². The molecule has 1 fully saturated rings. The van der Waals surface area contributed by atoms with Crippen molar-refractivity contribution in [3.05, 3.63) is 34.3 Å². The number of imide groups is 1. The lowest BCUT2D eigenvalue weighted by atomic mass is 10.1. The van der Waals surface area contributed by atoms with E-state index >= 15 is 0 Å². The van der Waals surface area contributed by atoms with Gasteiger partial charge in [0.2, 0.25) is 0 Å². The number of terminal acetylenes is 1. The summed E-state index contributed by atoms with van der Waals surface area (Å²) in [6, 6.07) is 2.50. The maximum Gasteiger partial charge on any atom is 0.427 e. The molecule has 0 bridgehead atoms. The number of hydrogen-bond donors (Lipinski definition) is 0. The maximum atomic E-state index is 14.8. The third-order valence-corrected chi connectivity index (χ3v) is 3.50. The summed E-state index contributed by atoms with van der Waals surface area (Å²) in [6.45, 7) is 6.30. The van der Waals surface area contributed by atoms with Gasteiger partial charge in [-0.25, -0.2) is 14.1 Å². The number of carbonyl (C=O) groups excluding carboxylic acids is 2. The van der Waals surface area contributed by atoms with E-state index in [1.807, 2.05) is 0 Å². The van der Waals surface area contributed by atoms with Gasteiger partial charge in [0.1, 0.15) is 0 Å². The van der Waals surface area contributed by atoms with Crippen molar-refractivity contribution in [3.8, 4) is 18.1 Å². The number of hydrogen-bond acceptors (Lipinski definition) is 4. The minimum atomic E-state index is -1.14. The molecular weight excluding hydrogens is 337 g/mol. The molecule has 0 spiro atoms. The van der Waals surface area contributed by atoms with Crippen LogP contribution in [-0.2, 0) is 9.53 Å². The normalized spacial score (nSPS) is 14.5. The molecule has 1 aromatic carbocycles. The topological polar surface area (TPSA) is 55.8 Å². The number of ether oxygens (including phenoxy) is 2. The first kappa shape index (κ1) is 17.8. The molecule has 1 aliphatic heterocycles. The van der Waals surface area contributed by atoms with E-state index in [9.17, 15) is 14.0 Å². The molecule has 1 saturated heterocycles. The molecule has 2 amide bonds. The van der Waals surface area contributed by atoms with Crippen molar-refractivity contribution in [2.75, 3.05) is 4.90 Å². The first-order chi connectivity index (χ1) is 11.1. The minimum absolute atomic E-state index is 0.0398. The SMILES string of the molecule is C#CC(C)(C)Oc1c(Cl)ccc(N2C(=O)OC(=C(C)C)C2=O)c1F. The quantitative estimate of drug-likeness (QED) is 0.609. The van der Waals surface area contributed by atoms with E-state index in [1.54, 1.807) is 27.7 Å². The maximum absolute atomic E-state index is 14.8.